The molecule has 0 aliphatic heterocycles. The van der Waals surface area contributed by atoms with E-state index in [2.05, 4.69) is 52.6 Å². The first-order chi connectivity index (χ1) is 13.9. The monoisotopic (exact) mass is 539 g/mol. The van der Waals surface area contributed by atoms with Gasteiger partial charge < -0.3 is 10.6 Å². The van der Waals surface area contributed by atoms with Crippen LogP contribution in [0.2, 0.25) is 5.02 Å². The predicted molar refractivity (Wildman–Crippen MR) is 119 cm³/mol. The van der Waals surface area contributed by atoms with E-state index in [1.54, 1.807) is 42.6 Å². The third-order valence-electron chi connectivity index (χ3n) is 3.86. The molecule has 0 bridgehead atoms. The number of amides is 2. The number of pyridine rings is 1. The highest BCUT2D eigenvalue weighted by Crippen LogP contribution is 2.24. The van der Waals surface area contributed by atoms with Crippen molar-refractivity contribution >= 4 is 61.0 Å². The zero-order valence-electron chi connectivity index (χ0n) is 15.2. The van der Waals surface area contributed by atoms with Gasteiger partial charge in [-0.15, -0.1) is 0 Å². The molecule has 2 heterocycles. The minimum Gasteiger partial charge on any atom is -0.352 e. The van der Waals surface area contributed by atoms with Crippen LogP contribution in [-0.2, 0) is 0 Å². The van der Waals surface area contributed by atoms with Crippen LogP contribution in [0.1, 0.15) is 34.2 Å². The molecule has 0 spiro atoms. The molecule has 29 heavy (non-hydrogen) atoms. The maximum Gasteiger partial charge on any atom is 0.274 e. The molecule has 1 aromatic carbocycles. The summed E-state index contributed by atoms with van der Waals surface area (Å²) in [6, 6.07) is 9.96. The van der Waals surface area contributed by atoms with Crippen LogP contribution in [0.3, 0.4) is 0 Å². The van der Waals surface area contributed by atoms with Gasteiger partial charge in [0.2, 0.25) is 0 Å². The van der Waals surface area contributed by atoms with Crippen LogP contribution in [0.5, 0.6) is 0 Å². The van der Waals surface area contributed by atoms with E-state index in [1.165, 1.54) is 4.68 Å². The Morgan fingerprint density at radius 2 is 1.97 bits per heavy atom. The molecule has 2 aromatic heterocycles. The second-order valence-corrected chi connectivity index (χ2v) is 8.11. The lowest BCUT2D eigenvalue weighted by atomic mass is 10.1. The molecule has 3 rings (SSSR count). The summed E-state index contributed by atoms with van der Waals surface area (Å²) >= 11 is 12.9. The lowest BCUT2D eigenvalue weighted by Gasteiger charge is -2.13. The van der Waals surface area contributed by atoms with E-state index < -0.39 is 5.91 Å². The summed E-state index contributed by atoms with van der Waals surface area (Å²) in [5.74, 6) is -0.413. The van der Waals surface area contributed by atoms with Gasteiger partial charge in [0.15, 0.2) is 5.82 Å². The normalized spacial score (nSPS) is 10.6. The number of nitrogens with one attached hydrogen (secondary N) is 2. The number of hydrogen-bond acceptors (Lipinski definition) is 4. The summed E-state index contributed by atoms with van der Waals surface area (Å²) in [4.78, 5) is 29.7. The number of hydrogen-bond donors (Lipinski definition) is 2. The third-order valence-corrected chi connectivity index (χ3v) is 5.04. The van der Waals surface area contributed by atoms with Gasteiger partial charge in [0.05, 0.1) is 16.3 Å². The Balaban J connectivity index is 1.95. The van der Waals surface area contributed by atoms with Crippen molar-refractivity contribution in [2.75, 3.05) is 11.9 Å². The molecule has 0 saturated carbocycles. The van der Waals surface area contributed by atoms with E-state index >= 15 is 0 Å². The smallest absolute Gasteiger partial charge is 0.274 e. The molecule has 0 radical (unpaired) electrons. The van der Waals surface area contributed by atoms with Crippen molar-refractivity contribution in [3.63, 3.8) is 0 Å². The van der Waals surface area contributed by atoms with Crippen molar-refractivity contribution in [2.24, 2.45) is 0 Å². The van der Waals surface area contributed by atoms with Crippen LogP contribution in [0.15, 0.2) is 51.7 Å². The molecule has 2 amide bonds. The number of carbonyl (C=O) groups is 2. The first kappa shape index (κ1) is 21.5. The Labute approximate surface area is 189 Å². The van der Waals surface area contributed by atoms with Gasteiger partial charge in [-0.2, -0.15) is 5.10 Å². The summed E-state index contributed by atoms with van der Waals surface area (Å²) in [6.07, 6.45) is 2.36. The standard InChI is InChI=1S/C19H16Br2ClN5O2/c1-2-7-24-18(28)12-9-11(20)5-6-14(12)25-19(29)15-10-16(21)26-27(15)17-13(22)4-3-8-23-17/h3-6,8-10H,2,7H2,1H3,(H,24,28)(H,25,29). The van der Waals surface area contributed by atoms with Gasteiger partial charge in [0, 0.05) is 23.3 Å². The van der Waals surface area contributed by atoms with Crippen molar-refractivity contribution < 1.29 is 9.59 Å². The van der Waals surface area contributed by atoms with Crippen LogP contribution in [0.4, 0.5) is 5.69 Å². The fraction of sp³-hybridized carbons (Fsp3) is 0.158. The molecular weight excluding hydrogens is 526 g/mol. The molecule has 7 nitrogen and oxygen atoms in total. The molecule has 0 aliphatic rings. The largest absolute Gasteiger partial charge is 0.352 e. The molecule has 0 saturated heterocycles. The van der Waals surface area contributed by atoms with Crippen molar-refractivity contribution in [1.82, 2.24) is 20.1 Å². The van der Waals surface area contributed by atoms with Crippen molar-refractivity contribution in [3.05, 3.63) is 68.0 Å². The number of halogens is 3. The highest BCUT2D eigenvalue weighted by atomic mass is 79.9. The van der Waals surface area contributed by atoms with E-state index in [9.17, 15) is 9.59 Å². The summed E-state index contributed by atoms with van der Waals surface area (Å²) in [5, 5.41) is 10.2. The van der Waals surface area contributed by atoms with E-state index in [0.29, 0.717) is 33.2 Å². The van der Waals surface area contributed by atoms with Crippen LogP contribution < -0.4 is 10.6 Å². The van der Waals surface area contributed by atoms with Crippen LogP contribution >= 0.6 is 43.5 Å². The minimum absolute atomic E-state index is 0.209. The highest BCUT2D eigenvalue weighted by molar-refractivity contribution is 9.10. The minimum atomic E-state index is -0.461. The van der Waals surface area contributed by atoms with Crippen molar-refractivity contribution in [2.45, 2.75) is 13.3 Å². The quantitative estimate of drug-likeness (QED) is 0.468. The average Bonchev–Trinajstić information content (AvgIpc) is 3.09. The second-order valence-electron chi connectivity index (χ2n) is 5.97. The van der Waals surface area contributed by atoms with E-state index in [-0.39, 0.29) is 11.6 Å². The van der Waals surface area contributed by atoms with Crippen molar-refractivity contribution in [3.8, 4) is 5.82 Å². The lowest BCUT2D eigenvalue weighted by molar-refractivity contribution is 0.0954. The van der Waals surface area contributed by atoms with Gasteiger partial charge in [-0.1, -0.05) is 34.5 Å². The Morgan fingerprint density at radius 3 is 2.69 bits per heavy atom. The molecular formula is C19H16Br2ClN5O2. The number of anilines is 1. The predicted octanol–water partition coefficient (Wildman–Crippen LogP) is 4.84. The first-order valence-corrected chi connectivity index (χ1v) is 10.6. The van der Waals surface area contributed by atoms with Gasteiger partial charge in [0.25, 0.3) is 11.8 Å². The molecule has 10 heteroatoms. The Bertz CT molecular complexity index is 1070. The molecule has 0 unspecified atom stereocenters. The average molecular weight is 542 g/mol. The van der Waals surface area contributed by atoms with E-state index in [1.807, 2.05) is 6.92 Å². The molecule has 0 aliphatic carbocycles. The van der Waals surface area contributed by atoms with Crippen molar-refractivity contribution in [1.29, 1.82) is 0 Å². The Morgan fingerprint density at radius 1 is 1.17 bits per heavy atom. The Kier molecular flexibility index (Phi) is 7.05. The molecule has 3 aromatic rings. The van der Waals surface area contributed by atoms with Gasteiger partial charge in [0.1, 0.15) is 10.3 Å². The highest BCUT2D eigenvalue weighted by Gasteiger charge is 2.21. The van der Waals surface area contributed by atoms with Crippen LogP contribution in [-0.4, -0.2) is 33.1 Å². The van der Waals surface area contributed by atoms with Gasteiger partial charge >= 0.3 is 0 Å². The molecule has 0 fully saturated rings. The maximum absolute atomic E-state index is 13.0. The maximum atomic E-state index is 13.0. The molecule has 2 N–H and O–H groups in total. The summed E-state index contributed by atoms with van der Waals surface area (Å²) in [5.41, 5.74) is 0.935. The fourth-order valence-corrected chi connectivity index (χ4v) is 3.48. The summed E-state index contributed by atoms with van der Waals surface area (Å²) in [7, 11) is 0. The topological polar surface area (TPSA) is 88.9 Å². The van der Waals surface area contributed by atoms with Gasteiger partial charge in [-0.3, -0.25) is 9.59 Å². The fourth-order valence-electron chi connectivity index (χ4n) is 2.54. The summed E-state index contributed by atoms with van der Waals surface area (Å²) < 4.78 is 2.52. The van der Waals surface area contributed by atoms with E-state index in [4.69, 9.17) is 11.6 Å². The first-order valence-electron chi connectivity index (χ1n) is 8.66. The number of benzene rings is 1. The van der Waals surface area contributed by atoms with Gasteiger partial charge in [-0.05, 0) is 52.7 Å². The third kappa shape index (κ3) is 5.04. The van der Waals surface area contributed by atoms with Gasteiger partial charge in [-0.25, -0.2) is 9.67 Å². The summed E-state index contributed by atoms with van der Waals surface area (Å²) in [6.45, 7) is 2.50. The number of nitrogens with zero attached hydrogens (tertiary/aromatic N) is 3. The SMILES string of the molecule is CCCNC(=O)c1cc(Br)ccc1NC(=O)c1cc(Br)nn1-c1ncccc1Cl. The zero-order chi connectivity index (χ0) is 21.0. The molecule has 0 atom stereocenters. The van der Waals surface area contributed by atoms with Crippen LogP contribution in [0.25, 0.3) is 5.82 Å². The number of carbonyl (C=O) groups excluding carboxylic acids is 2. The lowest BCUT2D eigenvalue weighted by Crippen LogP contribution is -2.26. The zero-order valence-corrected chi connectivity index (χ0v) is 19.2. The van der Waals surface area contributed by atoms with Crippen LogP contribution in [0, 0.1) is 0 Å². The Hall–Kier alpha value is -2.23. The van der Waals surface area contributed by atoms with E-state index in [0.717, 1.165) is 10.9 Å². The second kappa shape index (κ2) is 9.51. The molecule has 150 valence electrons. The number of rotatable bonds is 6. The number of aromatic nitrogens is 3.